The summed E-state index contributed by atoms with van der Waals surface area (Å²) in [5.74, 6) is -0.178. The van der Waals surface area contributed by atoms with E-state index < -0.39 is 16.7 Å². The predicted octanol–water partition coefficient (Wildman–Crippen LogP) is 1.56. The Labute approximate surface area is 178 Å². The molecule has 0 radical (unpaired) electrons. The van der Waals surface area contributed by atoms with Gasteiger partial charge >= 0.3 is 0 Å². The summed E-state index contributed by atoms with van der Waals surface area (Å²) in [6.07, 6.45) is 1.28. The van der Waals surface area contributed by atoms with E-state index in [0.717, 1.165) is 0 Å². The van der Waals surface area contributed by atoms with Gasteiger partial charge in [0, 0.05) is 31.3 Å². The number of hydrazone groups is 1. The van der Waals surface area contributed by atoms with Crippen molar-refractivity contribution in [2.24, 2.45) is 5.10 Å². The van der Waals surface area contributed by atoms with Gasteiger partial charge in [-0.05, 0) is 24.3 Å². The SMILES string of the molecule is COc1ccc(C(=O)NCC(=O)NN=Cc2ccc(N(C)C)c([N+](=O)[O-])c2)cc1OC. The van der Waals surface area contributed by atoms with Crippen LogP contribution in [0.3, 0.4) is 0 Å². The first kappa shape index (κ1) is 23.1. The molecule has 2 aromatic rings. The third kappa shape index (κ3) is 6.16. The quantitative estimate of drug-likeness (QED) is 0.351. The zero-order chi connectivity index (χ0) is 23.0. The molecule has 0 aromatic heterocycles. The fourth-order valence-electron chi connectivity index (χ4n) is 2.60. The van der Waals surface area contributed by atoms with Gasteiger partial charge in [0.15, 0.2) is 11.5 Å². The molecule has 0 aliphatic carbocycles. The van der Waals surface area contributed by atoms with Crippen LogP contribution in [0, 0.1) is 10.1 Å². The van der Waals surface area contributed by atoms with E-state index in [9.17, 15) is 19.7 Å². The largest absolute Gasteiger partial charge is 0.493 e. The van der Waals surface area contributed by atoms with Gasteiger partial charge in [0.05, 0.1) is 31.9 Å². The van der Waals surface area contributed by atoms with E-state index in [1.165, 1.54) is 38.6 Å². The van der Waals surface area contributed by atoms with Crippen molar-refractivity contribution in [1.82, 2.24) is 10.7 Å². The van der Waals surface area contributed by atoms with Crippen molar-refractivity contribution in [1.29, 1.82) is 0 Å². The summed E-state index contributed by atoms with van der Waals surface area (Å²) >= 11 is 0. The van der Waals surface area contributed by atoms with E-state index in [-0.39, 0.29) is 12.2 Å². The average molecular weight is 429 g/mol. The first-order valence-electron chi connectivity index (χ1n) is 9.04. The van der Waals surface area contributed by atoms with Gasteiger partial charge in [0.25, 0.3) is 17.5 Å². The van der Waals surface area contributed by atoms with E-state index in [1.807, 2.05) is 0 Å². The Morgan fingerprint density at radius 1 is 1.13 bits per heavy atom. The van der Waals surface area contributed by atoms with Gasteiger partial charge in [0.2, 0.25) is 0 Å². The molecule has 0 saturated carbocycles. The number of rotatable bonds is 9. The lowest BCUT2D eigenvalue weighted by atomic mass is 10.2. The predicted molar refractivity (Wildman–Crippen MR) is 115 cm³/mol. The number of anilines is 1. The first-order valence-corrected chi connectivity index (χ1v) is 9.04. The first-order chi connectivity index (χ1) is 14.8. The third-order valence-corrected chi connectivity index (χ3v) is 4.14. The van der Waals surface area contributed by atoms with Crippen LogP contribution in [0.4, 0.5) is 11.4 Å². The van der Waals surface area contributed by atoms with Crippen LogP contribution in [0.1, 0.15) is 15.9 Å². The van der Waals surface area contributed by atoms with Crippen LogP contribution in [0.5, 0.6) is 11.5 Å². The number of methoxy groups -OCH3 is 2. The van der Waals surface area contributed by atoms with Crippen LogP contribution in [-0.4, -0.2) is 57.8 Å². The average Bonchev–Trinajstić information content (AvgIpc) is 2.76. The van der Waals surface area contributed by atoms with Gasteiger partial charge in [-0.3, -0.25) is 19.7 Å². The fraction of sp³-hybridized carbons (Fsp3) is 0.250. The summed E-state index contributed by atoms with van der Waals surface area (Å²) in [6.45, 7) is -0.315. The molecule has 0 saturated heterocycles. The number of nitro groups is 1. The monoisotopic (exact) mass is 429 g/mol. The number of benzene rings is 2. The molecule has 11 nitrogen and oxygen atoms in total. The second-order valence-corrected chi connectivity index (χ2v) is 6.45. The number of carbonyl (C=O) groups is 2. The molecular weight excluding hydrogens is 406 g/mol. The lowest BCUT2D eigenvalue weighted by Gasteiger charge is -2.12. The number of nitro benzene ring substituents is 1. The Morgan fingerprint density at radius 3 is 2.45 bits per heavy atom. The van der Waals surface area contributed by atoms with Crippen molar-refractivity contribution in [2.45, 2.75) is 0 Å². The standard InChI is InChI=1S/C20H23N5O6/c1-24(2)15-7-5-13(9-16(15)25(28)29)11-22-23-19(26)12-21-20(27)14-6-8-17(30-3)18(10-14)31-4/h5-11H,12H2,1-4H3,(H,21,27)(H,23,26). The van der Waals surface area contributed by atoms with Crippen molar-refractivity contribution in [3.63, 3.8) is 0 Å². The van der Waals surface area contributed by atoms with Crippen molar-refractivity contribution >= 4 is 29.4 Å². The molecule has 0 aliphatic rings. The van der Waals surface area contributed by atoms with E-state index in [2.05, 4.69) is 15.8 Å². The fourth-order valence-corrected chi connectivity index (χ4v) is 2.60. The van der Waals surface area contributed by atoms with E-state index in [0.29, 0.717) is 28.3 Å². The maximum Gasteiger partial charge on any atom is 0.293 e. The highest BCUT2D eigenvalue weighted by atomic mass is 16.6. The van der Waals surface area contributed by atoms with Gasteiger partial charge in [-0.1, -0.05) is 6.07 Å². The second-order valence-electron chi connectivity index (χ2n) is 6.45. The normalized spacial score (nSPS) is 10.5. The molecule has 0 heterocycles. The molecule has 164 valence electrons. The van der Waals surface area contributed by atoms with E-state index in [1.54, 1.807) is 37.2 Å². The highest BCUT2D eigenvalue weighted by Gasteiger charge is 2.15. The molecule has 31 heavy (non-hydrogen) atoms. The molecule has 0 fully saturated rings. The molecule has 11 heteroatoms. The van der Waals surface area contributed by atoms with Crippen molar-refractivity contribution in [2.75, 3.05) is 39.8 Å². The van der Waals surface area contributed by atoms with Crippen LogP contribution >= 0.6 is 0 Å². The molecule has 2 N–H and O–H groups in total. The van der Waals surface area contributed by atoms with Crippen molar-refractivity contribution in [3.05, 3.63) is 57.6 Å². The molecule has 0 atom stereocenters. The summed E-state index contributed by atoms with van der Waals surface area (Å²) in [6, 6.07) is 9.19. The number of nitrogens with zero attached hydrogens (tertiary/aromatic N) is 3. The smallest absolute Gasteiger partial charge is 0.293 e. The minimum Gasteiger partial charge on any atom is -0.493 e. The van der Waals surface area contributed by atoms with Crippen molar-refractivity contribution < 1.29 is 24.0 Å². The summed E-state index contributed by atoms with van der Waals surface area (Å²) < 4.78 is 10.3. The lowest BCUT2D eigenvalue weighted by molar-refractivity contribution is -0.384. The second kappa shape index (κ2) is 10.6. The molecule has 2 aromatic carbocycles. The Kier molecular flexibility index (Phi) is 7.89. The van der Waals surface area contributed by atoms with Crippen LogP contribution in [0.2, 0.25) is 0 Å². The maximum atomic E-state index is 12.2. The molecule has 0 spiro atoms. The molecule has 2 rings (SSSR count). The summed E-state index contributed by atoms with van der Waals surface area (Å²) in [7, 11) is 6.34. The third-order valence-electron chi connectivity index (χ3n) is 4.14. The Morgan fingerprint density at radius 2 is 1.84 bits per heavy atom. The van der Waals surface area contributed by atoms with Gasteiger partial charge in [-0.25, -0.2) is 5.43 Å². The number of carbonyl (C=O) groups excluding carboxylic acids is 2. The number of amides is 2. The van der Waals surface area contributed by atoms with Crippen molar-refractivity contribution in [3.8, 4) is 11.5 Å². The molecule has 0 aliphatic heterocycles. The highest BCUT2D eigenvalue weighted by Crippen LogP contribution is 2.28. The van der Waals surface area contributed by atoms with Gasteiger partial charge in [-0.2, -0.15) is 5.10 Å². The molecule has 2 amide bonds. The maximum absolute atomic E-state index is 12.2. The number of hydrogen-bond donors (Lipinski definition) is 2. The molecule has 0 unspecified atom stereocenters. The zero-order valence-electron chi connectivity index (χ0n) is 17.5. The zero-order valence-corrected chi connectivity index (χ0v) is 17.5. The van der Waals surface area contributed by atoms with Crippen LogP contribution in [0.15, 0.2) is 41.5 Å². The Hall–Kier alpha value is -4.15. The van der Waals surface area contributed by atoms with Crippen LogP contribution < -0.4 is 25.1 Å². The van der Waals surface area contributed by atoms with Crippen LogP contribution in [0.25, 0.3) is 0 Å². The molecular formula is C20H23N5O6. The molecule has 0 bridgehead atoms. The number of nitrogens with one attached hydrogen (secondary N) is 2. The Balaban J connectivity index is 1.93. The summed E-state index contributed by atoms with van der Waals surface area (Å²) in [5.41, 5.74) is 3.35. The number of hydrogen-bond acceptors (Lipinski definition) is 8. The van der Waals surface area contributed by atoms with E-state index >= 15 is 0 Å². The number of ether oxygens (including phenoxy) is 2. The minimum absolute atomic E-state index is 0.0811. The van der Waals surface area contributed by atoms with E-state index in [4.69, 9.17) is 9.47 Å². The van der Waals surface area contributed by atoms with Gasteiger partial charge in [-0.15, -0.1) is 0 Å². The van der Waals surface area contributed by atoms with Gasteiger partial charge in [0.1, 0.15) is 5.69 Å². The summed E-state index contributed by atoms with van der Waals surface area (Å²) in [5, 5.41) is 17.4. The van der Waals surface area contributed by atoms with Gasteiger partial charge < -0.3 is 19.7 Å². The summed E-state index contributed by atoms with van der Waals surface area (Å²) in [4.78, 5) is 36.5. The topological polar surface area (TPSA) is 135 Å². The Bertz CT molecular complexity index is 1010. The highest BCUT2D eigenvalue weighted by molar-refractivity contribution is 5.97. The lowest BCUT2D eigenvalue weighted by Crippen LogP contribution is -2.34. The van der Waals surface area contributed by atoms with Crippen LogP contribution in [-0.2, 0) is 4.79 Å². The minimum atomic E-state index is -0.565.